The van der Waals surface area contributed by atoms with Crippen LogP contribution in [0.3, 0.4) is 0 Å². The molecule has 0 aromatic heterocycles. The van der Waals surface area contributed by atoms with Gasteiger partial charge in [-0.1, -0.05) is 28.1 Å². The van der Waals surface area contributed by atoms with Crippen molar-refractivity contribution < 1.29 is 14.6 Å². The minimum atomic E-state index is -0.632. The van der Waals surface area contributed by atoms with Crippen LogP contribution in [0.2, 0.25) is 0 Å². The summed E-state index contributed by atoms with van der Waals surface area (Å²) in [6.07, 6.45) is 3.94. The molecule has 2 bridgehead atoms. The lowest BCUT2D eigenvalue weighted by Crippen LogP contribution is -2.61. The van der Waals surface area contributed by atoms with Crippen molar-refractivity contribution in [3.8, 4) is 0 Å². The van der Waals surface area contributed by atoms with Crippen molar-refractivity contribution in [2.24, 2.45) is 0 Å². The predicted octanol–water partition coefficient (Wildman–Crippen LogP) is 1.24. The fraction of sp³-hybridized carbons (Fsp3) is 0.800. The number of fused-ring (bicyclic) bond motifs is 2. The highest BCUT2D eigenvalue weighted by Gasteiger charge is 2.55. The Labute approximate surface area is 92.2 Å². The van der Waals surface area contributed by atoms with Gasteiger partial charge in [-0.3, -0.25) is 0 Å². The zero-order valence-corrected chi connectivity index (χ0v) is 9.95. The van der Waals surface area contributed by atoms with Gasteiger partial charge in [-0.25, -0.2) is 0 Å². The zero-order valence-electron chi connectivity index (χ0n) is 8.37. The van der Waals surface area contributed by atoms with Gasteiger partial charge < -0.3 is 14.6 Å². The molecule has 2 aliphatic rings. The molecule has 0 saturated carbocycles. The number of halogens is 1. The molecule has 3 nitrogen and oxygen atoms in total. The largest absolute Gasteiger partial charge is 0.390 e. The molecule has 0 unspecified atom stereocenters. The van der Waals surface area contributed by atoms with Crippen molar-refractivity contribution in [2.45, 2.75) is 36.8 Å². The highest BCUT2D eigenvalue weighted by atomic mass is 79.9. The summed E-state index contributed by atoms with van der Waals surface area (Å²) in [5, 5.41) is 10.7. The Kier molecular flexibility index (Phi) is 2.50. The maximum Gasteiger partial charge on any atom is 0.133 e. The van der Waals surface area contributed by atoms with Crippen LogP contribution in [0, 0.1) is 0 Å². The Morgan fingerprint density at radius 3 is 3.00 bits per heavy atom. The lowest BCUT2D eigenvalue weighted by molar-refractivity contribution is -0.220. The summed E-state index contributed by atoms with van der Waals surface area (Å²) in [6, 6.07) is 0. The molecular weight excluding hydrogens is 248 g/mol. The number of hydrogen-bond acceptors (Lipinski definition) is 3. The Morgan fingerprint density at radius 2 is 2.43 bits per heavy atom. The SMILES string of the molecule is CO[C@]1(CBr)[C@@H]2C=C[C@](C)(C[C@@H]1O)O2. The average Bonchev–Trinajstić information content (AvgIpc) is 2.47. The molecule has 0 radical (unpaired) electrons. The van der Waals surface area contributed by atoms with Crippen LogP contribution in [0.4, 0.5) is 0 Å². The van der Waals surface area contributed by atoms with Crippen molar-refractivity contribution >= 4 is 15.9 Å². The maximum atomic E-state index is 10.1. The van der Waals surface area contributed by atoms with Crippen LogP contribution in [-0.4, -0.2) is 41.0 Å². The molecule has 14 heavy (non-hydrogen) atoms. The summed E-state index contributed by atoms with van der Waals surface area (Å²) in [5.74, 6) is 0. The van der Waals surface area contributed by atoms with Gasteiger partial charge in [-0.15, -0.1) is 0 Å². The summed E-state index contributed by atoms with van der Waals surface area (Å²) in [4.78, 5) is 0. The van der Waals surface area contributed by atoms with Crippen molar-refractivity contribution in [1.29, 1.82) is 0 Å². The lowest BCUT2D eigenvalue weighted by Gasteiger charge is -2.46. The monoisotopic (exact) mass is 262 g/mol. The normalized spacial score (nSPS) is 51.1. The summed E-state index contributed by atoms with van der Waals surface area (Å²) >= 11 is 3.39. The average molecular weight is 263 g/mol. The molecule has 4 atom stereocenters. The maximum absolute atomic E-state index is 10.1. The molecule has 2 aliphatic heterocycles. The van der Waals surface area contributed by atoms with Gasteiger partial charge in [0.1, 0.15) is 11.7 Å². The minimum absolute atomic E-state index is 0.152. The van der Waals surface area contributed by atoms with E-state index in [1.165, 1.54) is 0 Å². The van der Waals surface area contributed by atoms with Crippen molar-refractivity contribution in [3.63, 3.8) is 0 Å². The van der Waals surface area contributed by atoms with Crippen LogP contribution in [0.25, 0.3) is 0 Å². The second-order valence-corrected chi connectivity index (χ2v) is 4.78. The third kappa shape index (κ3) is 1.28. The highest BCUT2D eigenvalue weighted by molar-refractivity contribution is 9.09. The summed E-state index contributed by atoms with van der Waals surface area (Å²) in [7, 11) is 1.61. The molecule has 1 fully saturated rings. The molecule has 0 aliphatic carbocycles. The van der Waals surface area contributed by atoms with Gasteiger partial charge in [-0.05, 0) is 6.92 Å². The van der Waals surface area contributed by atoms with Gasteiger partial charge in [0, 0.05) is 18.9 Å². The van der Waals surface area contributed by atoms with E-state index in [1.807, 2.05) is 19.1 Å². The van der Waals surface area contributed by atoms with Crippen LogP contribution < -0.4 is 0 Å². The zero-order chi connectivity index (χ0) is 10.4. The molecule has 1 N–H and O–H groups in total. The molecule has 0 spiro atoms. The predicted molar refractivity (Wildman–Crippen MR) is 56.6 cm³/mol. The molecule has 80 valence electrons. The van der Waals surface area contributed by atoms with Crippen LogP contribution in [0.15, 0.2) is 12.2 Å². The smallest absolute Gasteiger partial charge is 0.133 e. The Bertz CT molecular complexity index is 262. The Morgan fingerprint density at radius 1 is 1.71 bits per heavy atom. The number of alkyl halides is 1. The van der Waals surface area contributed by atoms with Gasteiger partial charge in [0.05, 0.1) is 11.7 Å². The fourth-order valence-corrected chi connectivity index (χ4v) is 3.18. The first-order chi connectivity index (χ1) is 6.56. The first-order valence-corrected chi connectivity index (χ1v) is 5.85. The first kappa shape index (κ1) is 10.6. The molecule has 2 heterocycles. The number of ether oxygens (including phenoxy) is 2. The summed E-state index contributed by atoms with van der Waals surface area (Å²) < 4.78 is 11.3. The van der Waals surface area contributed by atoms with Crippen molar-refractivity contribution in [2.75, 3.05) is 12.4 Å². The molecule has 0 aromatic carbocycles. The van der Waals surface area contributed by atoms with Crippen LogP contribution >= 0.6 is 15.9 Å². The van der Waals surface area contributed by atoms with Crippen molar-refractivity contribution in [3.05, 3.63) is 12.2 Å². The van der Waals surface area contributed by atoms with E-state index in [0.717, 1.165) is 0 Å². The first-order valence-electron chi connectivity index (χ1n) is 4.73. The van der Waals surface area contributed by atoms with E-state index in [-0.39, 0.29) is 11.7 Å². The third-order valence-electron chi connectivity index (χ3n) is 3.25. The minimum Gasteiger partial charge on any atom is -0.390 e. The Hall–Kier alpha value is 0.100. The third-order valence-corrected chi connectivity index (χ3v) is 4.13. The molecule has 0 aromatic rings. The van der Waals surface area contributed by atoms with E-state index in [0.29, 0.717) is 11.8 Å². The fourth-order valence-electron chi connectivity index (χ4n) is 2.26. The summed E-state index contributed by atoms with van der Waals surface area (Å²) in [5.41, 5.74) is -0.944. The van der Waals surface area contributed by atoms with Gasteiger partial charge in [0.2, 0.25) is 0 Å². The molecular formula is C10H15BrO3. The number of rotatable bonds is 2. The molecule has 2 rings (SSSR count). The molecule has 0 amide bonds. The Balaban J connectivity index is 2.32. The van der Waals surface area contributed by atoms with E-state index in [4.69, 9.17) is 9.47 Å². The topological polar surface area (TPSA) is 38.7 Å². The van der Waals surface area contributed by atoms with Crippen LogP contribution in [-0.2, 0) is 9.47 Å². The summed E-state index contributed by atoms with van der Waals surface area (Å²) in [6.45, 7) is 1.99. The number of aliphatic hydroxyl groups is 1. The lowest BCUT2D eigenvalue weighted by atomic mass is 9.85. The number of hydrogen-bond donors (Lipinski definition) is 1. The highest BCUT2D eigenvalue weighted by Crippen LogP contribution is 2.43. The standard InChI is InChI=1S/C10H15BrO3/c1-9-4-3-8(14-9)10(6-11,13-2)7(12)5-9/h3-4,7-8,12H,5-6H2,1-2H3/t7-,8-,9+,10-/m0/s1. The van der Waals surface area contributed by atoms with Crippen LogP contribution in [0.1, 0.15) is 13.3 Å². The van der Waals surface area contributed by atoms with Gasteiger partial charge in [0.25, 0.3) is 0 Å². The van der Waals surface area contributed by atoms with E-state index < -0.39 is 11.7 Å². The second kappa shape index (κ2) is 3.30. The van der Waals surface area contributed by atoms with Gasteiger partial charge in [-0.2, -0.15) is 0 Å². The number of aliphatic hydroxyl groups excluding tert-OH is 1. The van der Waals surface area contributed by atoms with Crippen LogP contribution in [0.5, 0.6) is 0 Å². The van der Waals surface area contributed by atoms with Gasteiger partial charge in [0.15, 0.2) is 0 Å². The quantitative estimate of drug-likeness (QED) is 0.602. The van der Waals surface area contributed by atoms with E-state index >= 15 is 0 Å². The van der Waals surface area contributed by atoms with E-state index in [9.17, 15) is 5.11 Å². The van der Waals surface area contributed by atoms with E-state index in [2.05, 4.69) is 15.9 Å². The number of methoxy groups -OCH3 is 1. The second-order valence-electron chi connectivity index (χ2n) is 4.22. The van der Waals surface area contributed by atoms with Gasteiger partial charge >= 0.3 is 0 Å². The molecule has 4 heteroatoms. The molecule has 1 saturated heterocycles. The van der Waals surface area contributed by atoms with E-state index in [1.54, 1.807) is 7.11 Å². The van der Waals surface area contributed by atoms with Crippen molar-refractivity contribution in [1.82, 2.24) is 0 Å².